The average molecular weight is 410 g/mol. The predicted octanol–water partition coefficient (Wildman–Crippen LogP) is 4.63. The Labute approximate surface area is 168 Å². The molecule has 27 heavy (non-hydrogen) atoms. The number of hydrogen-bond donors (Lipinski definition) is 0. The van der Waals surface area contributed by atoms with Gasteiger partial charge in [-0.05, 0) is 51.0 Å². The Morgan fingerprint density at radius 2 is 2.00 bits per heavy atom. The Morgan fingerprint density at radius 1 is 1.22 bits per heavy atom. The molecule has 144 valence electrons. The summed E-state index contributed by atoms with van der Waals surface area (Å²) in [6, 6.07) is 6.28. The van der Waals surface area contributed by atoms with E-state index in [1.54, 1.807) is 0 Å². The Kier molecular flexibility index (Phi) is 6.25. The zero-order chi connectivity index (χ0) is 19.6. The Morgan fingerprint density at radius 3 is 2.67 bits per heavy atom. The van der Waals surface area contributed by atoms with Gasteiger partial charge in [0.15, 0.2) is 6.61 Å². The van der Waals surface area contributed by atoms with E-state index in [9.17, 15) is 9.59 Å². The number of ketones is 1. The highest BCUT2D eigenvalue weighted by molar-refractivity contribution is 6.42. The molecule has 0 saturated carbocycles. The highest BCUT2D eigenvalue weighted by atomic mass is 35.5. The minimum atomic E-state index is -0.616. The molecule has 1 aromatic heterocycles. The number of ether oxygens (including phenoxy) is 2. The second-order valence-electron chi connectivity index (χ2n) is 6.66. The van der Waals surface area contributed by atoms with Gasteiger partial charge in [-0.25, -0.2) is 4.79 Å². The van der Waals surface area contributed by atoms with Crippen LogP contribution in [0.5, 0.6) is 0 Å². The van der Waals surface area contributed by atoms with Gasteiger partial charge in [-0.15, -0.1) is 0 Å². The van der Waals surface area contributed by atoms with Gasteiger partial charge in [0.05, 0.1) is 21.7 Å². The second kappa shape index (κ2) is 8.46. The molecule has 2 heterocycles. The second-order valence-corrected chi connectivity index (χ2v) is 7.47. The molecule has 2 aromatic rings. The summed E-state index contributed by atoms with van der Waals surface area (Å²) < 4.78 is 12.9. The third-order valence-electron chi connectivity index (χ3n) is 4.77. The molecule has 0 radical (unpaired) electrons. The SMILES string of the molecule is Cc1cc(C(=O)COC(=O)c2ccc(Cl)c(Cl)c2)c(C)n1C[C@H]1CCCO1. The molecule has 1 fully saturated rings. The molecule has 1 saturated heterocycles. The number of benzene rings is 1. The number of rotatable bonds is 6. The molecule has 0 aliphatic carbocycles. The molecule has 0 unspecified atom stereocenters. The monoisotopic (exact) mass is 409 g/mol. The molecule has 1 atom stereocenters. The first-order valence-electron chi connectivity index (χ1n) is 8.80. The summed E-state index contributed by atoms with van der Waals surface area (Å²) >= 11 is 11.7. The lowest BCUT2D eigenvalue weighted by Gasteiger charge is -2.14. The number of Topliss-reactive ketones (excluding diaryl/α,β-unsaturated/α-hetero) is 1. The quantitative estimate of drug-likeness (QED) is 0.515. The van der Waals surface area contributed by atoms with E-state index in [-0.39, 0.29) is 29.1 Å². The molecular weight excluding hydrogens is 389 g/mol. The van der Waals surface area contributed by atoms with Crippen LogP contribution in [0.2, 0.25) is 10.0 Å². The van der Waals surface area contributed by atoms with Crippen molar-refractivity contribution in [3.63, 3.8) is 0 Å². The Hall–Kier alpha value is -1.82. The van der Waals surface area contributed by atoms with Crippen molar-refractivity contribution in [2.24, 2.45) is 0 Å². The first-order chi connectivity index (χ1) is 12.9. The van der Waals surface area contributed by atoms with Crippen molar-refractivity contribution in [3.05, 3.63) is 56.8 Å². The van der Waals surface area contributed by atoms with Crippen LogP contribution in [0.4, 0.5) is 0 Å². The maximum absolute atomic E-state index is 12.6. The summed E-state index contributed by atoms with van der Waals surface area (Å²) in [4.78, 5) is 24.7. The number of esters is 1. The standard InChI is InChI=1S/C20H21Cl2NO4/c1-12-8-16(13(2)23(12)10-15-4-3-7-26-15)19(24)11-27-20(25)14-5-6-17(21)18(22)9-14/h5-6,8-9,15H,3-4,7,10-11H2,1-2H3/t15-/m1/s1. The first kappa shape index (κ1) is 19.9. The molecule has 1 aliphatic rings. The molecular formula is C20H21Cl2NO4. The number of aromatic nitrogens is 1. The third-order valence-corrected chi connectivity index (χ3v) is 5.51. The summed E-state index contributed by atoms with van der Waals surface area (Å²) in [5, 5.41) is 0.609. The molecule has 3 rings (SSSR count). The first-order valence-corrected chi connectivity index (χ1v) is 9.56. The normalized spacial score (nSPS) is 16.5. The number of aryl methyl sites for hydroxylation is 1. The van der Waals surface area contributed by atoms with Crippen LogP contribution < -0.4 is 0 Å². The van der Waals surface area contributed by atoms with Crippen molar-refractivity contribution < 1.29 is 19.1 Å². The number of nitrogens with zero attached hydrogens (tertiary/aromatic N) is 1. The lowest BCUT2D eigenvalue weighted by molar-refractivity contribution is 0.0474. The summed E-state index contributed by atoms with van der Waals surface area (Å²) in [7, 11) is 0. The van der Waals surface area contributed by atoms with E-state index >= 15 is 0 Å². The van der Waals surface area contributed by atoms with Crippen molar-refractivity contribution in [2.75, 3.05) is 13.2 Å². The van der Waals surface area contributed by atoms with Crippen molar-refractivity contribution in [2.45, 2.75) is 39.3 Å². The van der Waals surface area contributed by atoms with Gasteiger partial charge in [-0.2, -0.15) is 0 Å². The molecule has 5 nitrogen and oxygen atoms in total. The van der Waals surface area contributed by atoms with Crippen LogP contribution in [-0.4, -0.2) is 35.6 Å². The maximum atomic E-state index is 12.6. The fourth-order valence-electron chi connectivity index (χ4n) is 3.27. The summed E-state index contributed by atoms with van der Waals surface area (Å²) in [5.74, 6) is -0.856. The van der Waals surface area contributed by atoms with Gasteiger partial charge < -0.3 is 14.0 Å². The van der Waals surface area contributed by atoms with E-state index in [0.29, 0.717) is 10.6 Å². The highest BCUT2D eigenvalue weighted by Gasteiger charge is 2.22. The lowest BCUT2D eigenvalue weighted by atomic mass is 10.1. The summed E-state index contributed by atoms with van der Waals surface area (Å²) in [6.45, 7) is 5.05. The van der Waals surface area contributed by atoms with E-state index in [1.807, 2.05) is 19.9 Å². The molecule has 0 spiro atoms. The fraction of sp³-hybridized carbons (Fsp3) is 0.400. The number of carbonyl (C=O) groups excluding carboxylic acids is 2. The molecule has 1 aromatic carbocycles. The topological polar surface area (TPSA) is 57.5 Å². The minimum Gasteiger partial charge on any atom is -0.454 e. The zero-order valence-corrected chi connectivity index (χ0v) is 16.8. The molecule has 0 bridgehead atoms. The lowest BCUT2D eigenvalue weighted by Crippen LogP contribution is -2.18. The van der Waals surface area contributed by atoms with Gasteiger partial charge in [0.2, 0.25) is 5.78 Å². The molecule has 7 heteroatoms. The van der Waals surface area contributed by atoms with Crippen LogP contribution >= 0.6 is 23.2 Å². The van der Waals surface area contributed by atoms with Gasteiger partial charge in [0.1, 0.15) is 0 Å². The van der Waals surface area contributed by atoms with Gasteiger partial charge in [0.25, 0.3) is 0 Å². The maximum Gasteiger partial charge on any atom is 0.338 e. The van der Waals surface area contributed by atoms with E-state index in [4.69, 9.17) is 32.7 Å². The number of halogens is 2. The largest absolute Gasteiger partial charge is 0.454 e. The Balaban J connectivity index is 1.65. The number of hydrogen-bond acceptors (Lipinski definition) is 4. The van der Waals surface area contributed by atoms with Crippen molar-refractivity contribution in [1.82, 2.24) is 4.57 Å². The van der Waals surface area contributed by atoms with Crippen molar-refractivity contribution in [1.29, 1.82) is 0 Å². The van der Waals surface area contributed by atoms with Crippen LogP contribution in [0.1, 0.15) is 44.9 Å². The smallest absolute Gasteiger partial charge is 0.338 e. The zero-order valence-electron chi connectivity index (χ0n) is 15.3. The van der Waals surface area contributed by atoms with E-state index in [0.717, 1.165) is 37.4 Å². The van der Waals surface area contributed by atoms with Crippen LogP contribution in [0, 0.1) is 13.8 Å². The van der Waals surface area contributed by atoms with Gasteiger partial charge >= 0.3 is 5.97 Å². The van der Waals surface area contributed by atoms with Gasteiger partial charge in [0, 0.05) is 30.1 Å². The highest BCUT2D eigenvalue weighted by Crippen LogP contribution is 2.23. The van der Waals surface area contributed by atoms with Crippen LogP contribution in [0.25, 0.3) is 0 Å². The average Bonchev–Trinajstić information content (AvgIpc) is 3.25. The van der Waals surface area contributed by atoms with Gasteiger partial charge in [-0.3, -0.25) is 4.79 Å². The molecule has 1 aliphatic heterocycles. The van der Waals surface area contributed by atoms with E-state index < -0.39 is 5.97 Å². The number of carbonyl (C=O) groups is 2. The van der Waals surface area contributed by atoms with Crippen LogP contribution in [0.15, 0.2) is 24.3 Å². The van der Waals surface area contributed by atoms with Gasteiger partial charge in [-0.1, -0.05) is 23.2 Å². The summed E-state index contributed by atoms with van der Waals surface area (Å²) in [5.41, 5.74) is 2.66. The minimum absolute atomic E-state index is 0.185. The summed E-state index contributed by atoms with van der Waals surface area (Å²) in [6.07, 6.45) is 2.28. The predicted molar refractivity (Wildman–Crippen MR) is 104 cm³/mol. The fourth-order valence-corrected chi connectivity index (χ4v) is 3.57. The van der Waals surface area contributed by atoms with E-state index in [2.05, 4.69) is 4.57 Å². The Bertz CT molecular complexity index is 869. The third kappa shape index (κ3) is 4.54. The molecule has 0 N–H and O–H groups in total. The molecule has 0 amide bonds. The van der Waals surface area contributed by atoms with Crippen LogP contribution in [-0.2, 0) is 16.0 Å². The van der Waals surface area contributed by atoms with E-state index in [1.165, 1.54) is 18.2 Å². The van der Waals surface area contributed by atoms with Crippen LogP contribution in [0.3, 0.4) is 0 Å². The van der Waals surface area contributed by atoms with Crippen molar-refractivity contribution >= 4 is 35.0 Å². The van der Waals surface area contributed by atoms with Crippen molar-refractivity contribution in [3.8, 4) is 0 Å².